The Morgan fingerprint density at radius 3 is 2.26 bits per heavy atom. The van der Waals surface area contributed by atoms with E-state index in [1.807, 2.05) is 30.0 Å². The number of hydrogen-bond donors (Lipinski definition) is 1. The number of amides is 2. The zero-order valence-electron chi connectivity index (χ0n) is 20.3. The van der Waals surface area contributed by atoms with Crippen molar-refractivity contribution in [2.24, 2.45) is 0 Å². The molecule has 1 heterocycles. The number of nitrogens with zero attached hydrogens (tertiary/aromatic N) is 2. The molecule has 2 aromatic carbocycles. The third kappa shape index (κ3) is 6.67. The van der Waals surface area contributed by atoms with Crippen molar-refractivity contribution in [3.8, 4) is 0 Å². The first-order chi connectivity index (χ1) is 16.4. The molecular weight excluding hydrogens is 430 g/mol. The number of rotatable bonds is 9. The summed E-state index contributed by atoms with van der Waals surface area (Å²) in [6.45, 7) is 5.99. The lowest BCUT2D eigenvalue weighted by molar-refractivity contribution is -0.141. The molecule has 7 heteroatoms. The first-order valence-corrected chi connectivity index (χ1v) is 12.0. The van der Waals surface area contributed by atoms with Gasteiger partial charge in [0.1, 0.15) is 0 Å². The summed E-state index contributed by atoms with van der Waals surface area (Å²) in [5.41, 5.74) is 2.79. The molecule has 0 aliphatic carbocycles. The number of hydrogen-bond acceptors (Lipinski definition) is 5. The molecule has 3 rings (SSSR count). The standard InChI is InChI=1S/C27H35N3O4/c1-4-26(32)30(23-12-10-22(11-13-23)28-25(31)14-15-27(33)34-3)24-16-18-29(19-17-24)20(2)21-8-6-5-7-9-21/h5-13,20,24H,4,14-19H2,1-3H3,(H,28,31). The quantitative estimate of drug-likeness (QED) is 0.550. The predicted octanol–water partition coefficient (Wildman–Crippen LogP) is 4.55. The van der Waals surface area contributed by atoms with E-state index in [0.717, 1.165) is 31.6 Å². The lowest BCUT2D eigenvalue weighted by Gasteiger charge is -2.41. The third-order valence-electron chi connectivity index (χ3n) is 6.48. The molecule has 2 amide bonds. The monoisotopic (exact) mass is 465 g/mol. The Morgan fingerprint density at radius 1 is 1.03 bits per heavy atom. The van der Waals surface area contributed by atoms with Crippen LogP contribution in [0.1, 0.15) is 57.6 Å². The first kappa shape index (κ1) is 25.4. The lowest BCUT2D eigenvalue weighted by atomic mass is 9.98. The number of anilines is 2. The Morgan fingerprint density at radius 2 is 1.68 bits per heavy atom. The smallest absolute Gasteiger partial charge is 0.306 e. The van der Waals surface area contributed by atoms with Crippen molar-refractivity contribution in [2.45, 2.75) is 58.0 Å². The van der Waals surface area contributed by atoms with Crippen LogP contribution < -0.4 is 10.2 Å². The fourth-order valence-corrected chi connectivity index (χ4v) is 4.45. The average Bonchev–Trinajstić information content (AvgIpc) is 2.88. The maximum absolute atomic E-state index is 12.9. The zero-order valence-corrected chi connectivity index (χ0v) is 20.3. The van der Waals surface area contributed by atoms with E-state index >= 15 is 0 Å². The van der Waals surface area contributed by atoms with Gasteiger partial charge < -0.3 is 15.0 Å². The Labute approximate surface area is 202 Å². The summed E-state index contributed by atoms with van der Waals surface area (Å²) in [6, 6.07) is 18.4. The molecule has 0 spiro atoms. The molecule has 1 atom stereocenters. The van der Waals surface area contributed by atoms with E-state index in [1.165, 1.54) is 12.7 Å². The minimum atomic E-state index is -0.413. The molecule has 182 valence electrons. The Bertz CT molecular complexity index is 954. The molecule has 1 unspecified atom stereocenters. The highest BCUT2D eigenvalue weighted by atomic mass is 16.5. The minimum Gasteiger partial charge on any atom is -0.469 e. The number of piperidine rings is 1. The molecule has 7 nitrogen and oxygen atoms in total. The van der Waals surface area contributed by atoms with Gasteiger partial charge in [0, 0.05) is 49.4 Å². The molecule has 1 fully saturated rings. The molecule has 1 saturated heterocycles. The van der Waals surface area contributed by atoms with E-state index in [4.69, 9.17) is 0 Å². The maximum Gasteiger partial charge on any atom is 0.306 e. The zero-order chi connectivity index (χ0) is 24.5. The molecule has 0 bridgehead atoms. The highest BCUT2D eigenvalue weighted by molar-refractivity contribution is 5.95. The lowest BCUT2D eigenvalue weighted by Crippen LogP contribution is -2.48. The second-order valence-electron chi connectivity index (χ2n) is 8.64. The van der Waals surface area contributed by atoms with Crippen LogP contribution in [-0.4, -0.2) is 48.9 Å². The van der Waals surface area contributed by atoms with Gasteiger partial charge in [-0.15, -0.1) is 0 Å². The maximum atomic E-state index is 12.9. The van der Waals surface area contributed by atoms with E-state index in [9.17, 15) is 14.4 Å². The van der Waals surface area contributed by atoms with Crippen LogP contribution in [0.25, 0.3) is 0 Å². The molecule has 0 radical (unpaired) electrons. The summed E-state index contributed by atoms with van der Waals surface area (Å²) >= 11 is 0. The summed E-state index contributed by atoms with van der Waals surface area (Å²) in [5.74, 6) is -0.563. The summed E-state index contributed by atoms with van der Waals surface area (Å²) in [6.07, 6.45) is 2.37. The van der Waals surface area contributed by atoms with Crippen LogP contribution in [0.4, 0.5) is 11.4 Å². The van der Waals surface area contributed by atoms with Crippen LogP contribution >= 0.6 is 0 Å². The van der Waals surface area contributed by atoms with E-state index in [1.54, 1.807) is 12.1 Å². The number of likely N-dealkylation sites (tertiary alicyclic amines) is 1. The summed E-state index contributed by atoms with van der Waals surface area (Å²) in [4.78, 5) is 40.6. The average molecular weight is 466 g/mol. The van der Waals surface area contributed by atoms with E-state index in [-0.39, 0.29) is 30.7 Å². The van der Waals surface area contributed by atoms with Gasteiger partial charge in [-0.2, -0.15) is 0 Å². The number of nitrogens with one attached hydrogen (secondary N) is 1. The van der Waals surface area contributed by atoms with Crippen LogP contribution in [0.2, 0.25) is 0 Å². The van der Waals surface area contributed by atoms with Gasteiger partial charge in [0.2, 0.25) is 11.8 Å². The topological polar surface area (TPSA) is 79.0 Å². The number of carbonyl (C=O) groups is 3. The second-order valence-corrected chi connectivity index (χ2v) is 8.64. The fourth-order valence-electron chi connectivity index (χ4n) is 4.45. The number of carbonyl (C=O) groups excluding carboxylic acids is 3. The van der Waals surface area contributed by atoms with Crippen LogP contribution in [0.5, 0.6) is 0 Å². The Hall–Kier alpha value is -3.19. The van der Waals surface area contributed by atoms with Crippen LogP contribution in [0.15, 0.2) is 54.6 Å². The van der Waals surface area contributed by atoms with Crippen LogP contribution in [0.3, 0.4) is 0 Å². The molecule has 1 aliphatic rings. The summed E-state index contributed by atoms with van der Waals surface area (Å²) in [7, 11) is 1.30. The fraction of sp³-hybridized carbons (Fsp3) is 0.444. The molecule has 1 N–H and O–H groups in total. The number of ether oxygens (including phenoxy) is 1. The van der Waals surface area contributed by atoms with Gasteiger partial charge in [0.25, 0.3) is 0 Å². The van der Waals surface area contributed by atoms with Gasteiger partial charge in [0.05, 0.1) is 13.5 Å². The number of methoxy groups -OCH3 is 1. The van der Waals surface area contributed by atoms with Crippen molar-refractivity contribution in [3.63, 3.8) is 0 Å². The van der Waals surface area contributed by atoms with Crippen molar-refractivity contribution >= 4 is 29.2 Å². The van der Waals surface area contributed by atoms with Gasteiger partial charge in [-0.05, 0) is 49.6 Å². The first-order valence-electron chi connectivity index (χ1n) is 12.0. The number of benzene rings is 2. The van der Waals surface area contributed by atoms with Crippen LogP contribution in [-0.2, 0) is 19.1 Å². The molecule has 34 heavy (non-hydrogen) atoms. The van der Waals surface area contributed by atoms with Gasteiger partial charge in [-0.3, -0.25) is 19.3 Å². The third-order valence-corrected chi connectivity index (χ3v) is 6.48. The highest BCUT2D eigenvalue weighted by Crippen LogP contribution is 2.29. The van der Waals surface area contributed by atoms with Crippen molar-refractivity contribution in [3.05, 3.63) is 60.2 Å². The summed E-state index contributed by atoms with van der Waals surface area (Å²) < 4.78 is 4.57. The van der Waals surface area contributed by atoms with Crippen molar-refractivity contribution in [1.29, 1.82) is 0 Å². The normalized spacial score (nSPS) is 15.4. The van der Waals surface area contributed by atoms with Gasteiger partial charge in [0.15, 0.2) is 0 Å². The summed E-state index contributed by atoms with van der Waals surface area (Å²) in [5, 5.41) is 2.79. The Balaban J connectivity index is 1.62. The highest BCUT2D eigenvalue weighted by Gasteiger charge is 2.30. The van der Waals surface area contributed by atoms with Gasteiger partial charge in [-0.1, -0.05) is 37.3 Å². The predicted molar refractivity (Wildman–Crippen MR) is 134 cm³/mol. The molecule has 1 aliphatic heterocycles. The second kappa shape index (κ2) is 12.3. The SMILES string of the molecule is CCC(=O)N(c1ccc(NC(=O)CCC(=O)OC)cc1)C1CCN(C(C)c2ccccc2)CC1. The molecule has 0 aromatic heterocycles. The van der Waals surface area contributed by atoms with E-state index in [2.05, 4.69) is 46.1 Å². The number of esters is 1. The van der Waals surface area contributed by atoms with E-state index < -0.39 is 5.97 Å². The van der Waals surface area contributed by atoms with Crippen molar-refractivity contribution in [2.75, 3.05) is 30.4 Å². The van der Waals surface area contributed by atoms with Gasteiger partial charge in [-0.25, -0.2) is 0 Å². The van der Waals surface area contributed by atoms with E-state index in [0.29, 0.717) is 18.2 Å². The Kier molecular flexibility index (Phi) is 9.22. The molecular formula is C27H35N3O4. The molecule has 2 aromatic rings. The molecule has 0 saturated carbocycles. The van der Waals surface area contributed by atoms with Crippen molar-refractivity contribution in [1.82, 2.24) is 4.90 Å². The van der Waals surface area contributed by atoms with Crippen LogP contribution in [0, 0.1) is 0 Å². The van der Waals surface area contributed by atoms with Crippen molar-refractivity contribution < 1.29 is 19.1 Å². The largest absolute Gasteiger partial charge is 0.469 e. The van der Waals surface area contributed by atoms with Gasteiger partial charge >= 0.3 is 5.97 Å². The minimum absolute atomic E-state index is 0.0424.